The van der Waals surface area contributed by atoms with Crippen LogP contribution in [-0.2, 0) is 14.3 Å². The second-order valence-corrected chi connectivity index (χ2v) is 10.9. The summed E-state index contributed by atoms with van der Waals surface area (Å²) in [6.45, 7) is 7.50. The molecule has 4 saturated carbocycles. The van der Waals surface area contributed by atoms with E-state index in [9.17, 15) is 9.59 Å². The van der Waals surface area contributed by atoms with Gasteiger partial charge < -0.3 is 4.74 Å². The van der Waals surface area contributed by atoms with Gasteiger partial charge in [-0.05, 0) is 105 Å². The average Bonchev–Trinajstić information content (AvgIpc) is 2.99. The molecule has 4 aliphatic rings. The smallest absolute Gasteiger partial charge is 0.305 e. The summed E-state index contributed by atoms with van der Waals surface area (Å²) in [5.74, 6) is 4.52. The van der Waals surface area contributed by atoms with Gasteiger partial charge in [0.15, 0.2) is 0 Å². The molecular formula is C25H40O3. The molecule has 3 nitrogen and oxygen atoms in total. The summed E-state index contributed by atoms with van der Waals surface area (Å²) in [4.78, 5) is 23.8. The average molecular weight is 389 g/mol. The van der Waals surface area contributed by atoms with Crippen molar-refractivity contribution in [2.24, 2.45) is 40.4 Å². The zero-order valence-corrected chi connectivity index (χ0v) is 18.3. The van der Waals surface area contributed by atoms with Gasteiger partial charge in [0.1, 0.15) is 5.78 Å². The van der Waals surface area contributed by atoms with Gasteiger partial charge in [-0.1, -0.05) is 13.8 Å². The van der Waals surface area contributed by atoms with Crippen molar-refractivity contribution in [3.05, 3.63) is 0 Å². The van der Waals surface area contributed by atoms with Crippen LogP contribution in [0.1, 0.15) is 97.8 Å². The van der Waals surface area contributed by atoms with Gasteiger partial charge in [0, 0.05) is 19.3 Å². The first-order valence-electron chi connectivity index (χ1n) is 12.1. The van der Waals surface area contributed by atoms with Crippen LogP contribution >= 0.6 is 0 Å². The van der Waals surface area contributed by atoms with Gasteiger partial charge in [-0.15, -0.1) is 0 Å². The number of carbonyl (C=O) groups excluding carboxylic acids is 2. The van der Waals surface area contributed by atoms with Crippen LogP contribution in [0.5, 0.6) is 0 Å². The van der Waals surface area contributed by atoms with E-state index in [2.05, 4.69) is 13.8 Å². The molecule has 0 aromatic carbocycles. The maximum atomic E-state index is 12.1. The van der Waals surface area contributed by atoms with Crippen molar-refractivity contribution < 1.29 is 14.3 Å². The van der Waals surface area contributed by atoms with E-state index >= 15 is 0 Å². The van der Waals surface area contributed by atoms with Crippen molar-refractivity contribution in [3.8, 4) is 0 Å². The maximum absolute atomic E-state index is 12.1. The van der Waals surface area contributed by atoms with Crippen LogP contribution in [0.3, 0.4) is 0 Å². The Morgan fingerprint density at radius 1 is 1.04 bits per heavy atom. The highest BCUT2D eigenvalue weighted by molar-refractivity contribution is 5.79. The number of hydrogen-bond acceptors (Lipinski definition) is 3. The summed E-state index contributed by atoms with van der Waals surface area (Å²) in [6, 6.07) is 0. The molecular weight excluding hydrogens is 348 g/mol. The first kappa shape index (κ1) is 20.4. The molecule has 0 radical (unpaired) electrons. The molecule has 28 heavy (non-hydrogen) atoms. The lowest BCUT2D eigenvalue weighted by Crippen LogP contribution is -2.53. The molecule has 158 valence electrons. The van der Waals surface area contributed by atoms with Crippen LogP contribution in [0.25, 0.3) is 0 Å². The highest BCUT2D eigenvalue weighted by Crippen LogP contribution is 2.67. The SMILES string of the molecule is CCOC(=O)CCC[C@H]1CCC2C3CCC4CC(=O)CCC4(C)C3CCC21C. The van der Waals surface area contributed by atoms with Gasteiger partial charge in [0.05, 0.1) is 6.61 Å². The first-order chi connectivity index (χ1) is 13.4. The van der Waals surface area contributed by atoms with E-state index in [1.807, 2.05) is 6.92 Å². The largest absolute Gasteiger partial charge is 0.466 e. The molecule has 0 saturated heterocycles. The van der Waals surface area contributed by atoms with E-state index in [0.717, 1.165) is 49.4 Å². The minimum atomic E-state index is -0.0241. The molecule has 3 heteroatoms. The Kier molecular flexibility index (Phi) is 5.66. The zero-order valence-electron chi connectivity index (χ0n) is 18.3. The lowest BCUT2D eigenvalue weighted by atomic mass is 9.44. The standard InChI is InChI=1S/C25H40O3/c1-4-28-23(27)7-5-6-17-9-11-21-20-10-8-18-16-19(26)12-14-25(18,3)22(20)13-15-24(17,21)2/h17-18,20-22H,4-16H2,1-3H3/t17-,18?,20?,21?,22?,24?,25?/m0/s1. The van der Waals surface area contributed by atoms with Gasteiger partial charge in [-0.3, -0.25) is 9.59 Å². The second kappa shape index (κ2) is 7.76. The minimum Gasteiger partial charge on any atom is -0.466 e. The van der Waals surface area contributed by atoms with Crippen molar-refractivity contribution in [3.63, 3.8) is 0 Å². The quantitative estimate of drug-likeness (QED) is 0.547. The molecule has 0 aliphatic heterocycles. The summed E-state index contributed by atoms with van der Waals surface area (Å²) < 4.78 is 5.12. The van der Waals surface area contributed by atoms with Gasteiger partial charge in [0.25, 0.3) is 0 Å². The fraction of sp³-hybridized carbons (Fsp3) is 0.920. The Bertz CT molecular complexity index is 613. The summed E-state index contributed by atoms with van der Waals surface area (Å²) in [5.41, 5.74) is 0.893. The Morgan fingerprint density at radius 2 is 1.82 bits per heavy atom. The number of ether oxygens (including phenoxy) is 1. The van der Waals surface area contributed by atoms with E-state index < -0.39 is 0 Å². The lowest BCUT2D eigenvalue weighted by Gasteiger charge is -2.60. The lowest BCUT2D eigenvalue weighted by molar-refractivity contribution is -0.143. The molecule has 0 N–H and O–H groups in total. The third-order valence-electron chi connectivity index (χ3n) is 9.92. The summed E-state index contributed by atoms with van der Waals surface area (Å²) in [6.07, 6.45) is 13.7. The Hall–Kier alpha value is -0.860. The second-order valence-electron chi connectivity index (χ2n) is 10.9. The van der Waals surface area contributed by atoms with Crippen molar-refractivity contribution in [2.75, 3.05) is 6.61 Å². The van der Waals surface area contributed by atoms with E-state index in [-0.39, 0.29) is 5.97 Å². The molecule has 0 aromatic rings. The van der Waals surface area contributed by atoms with Gasteiger partial charge in [-0.2, -0.15) is 0 Å². The van der Waals surface area contributed by atoms with E-state index in [1.54, 1.807) is 0 Å². The van der Waals surface area contributed by atoms with Gasteiger partial charge in [0.2, 0.25) is 0 Å². The maximum Gasteiger partial charge on any atom is 0.305 e. The monoisotopic (exact) mass is 388 g/mol. The van der Waals surface area contributed by atoms with Gasteiger partial charge >= 0.3 is 5.97 Å². The van der Waals surface area contributed by atoms with Crippen molar-refractivity contribution >= 4 is 11.8 Å². The third-order valence-corrected chi connectivity index (χ3v) is 9.92. The van der Waals surface area contributed by atoms with Crippen LogP contribution in [0.15, 0.2) is 0 Å². The van der Waals surface area contributed by atoms with E-state index in [0.29, 0.717) is 35.6 Å². The molecule has 4 rings (SSSR count). The highest BCUT2D eigenvalue weighted by atomic mass is 16.5. The molecule has 4 aliphatic carbocycles. The number of rotatable bonds is 5. The predicted molar refractivity (Wildman–Crippen MR) is 111 cm³/mol. The first-order valence-corrected chi connectivity index (χ1v) is 12.1. The van der Waals surface area contributed by atoms with Crippen LogP contribution in [0, 0.1) is 40.4 Å². The van der Waals surface area contributed by atoms with Crippen LogP contribution < -0.4 is 0 Å². The molecule has 0 spiro atoms. The zero-order chi connectivity index (χ0) is 19.9. The predicted octanol–water partition coefficient (Wildman–Crippen LogP) is 5.95. The number of ketones is 1. The topological polar surface area (TPSA) is 43.4 Å². The molecule has 0 heterocycles. The summed E-state index contributed by atoms with van der Waals surface area (Å²) in [7, 11) is 0. The molecule has 6 unspecified atom stereocenters. The summed E-state index contributed by atoms with van der Waals surface area (Å²) >= 11 is 0. The number of Topliss-reactive ketones (excluding diaryl/α,β-unsaturated/α-hetero) is 1. The van der Waals surface area contributed by atoms with Crippen LogP contribution in [0.2, 0.25) is 0 Å². The van der Waals surface area contributed by atoms with E-state index in [1.165, 1.54) is 44.9 Å². The highest BCUT2D eigenvalue weighted by Gasteiger charge is 2.59. The Labute approximate surface area is 171 Å². The third kappa shape index (κ3) is 3.35. The molecule has 0 bridgehead atoms. The molecule has 0 amide bonds. The number of carbonyl (C=O) groups is 2. The minimum absolute atomic E-state index is 0.0241. The summed E-state index contributed by atoms with van der Waals surface area (Å²) in [5, 5.41) is 0. The van der Waals surface area contributed by atoms with Gasteiger partial charge in [-0.25, -0.2) is 0 Å². The Balaban J connectivity index is 1.42. The van der Waals surface area contributed by atoms with E-state index in [4.69, 9.17) is 4.74 Å². The normalized spacial score (nSPS) is 45.1. The molecule has 0 aromatic heterocycles. The fourth-order valence-corrected chi connectivity index (χ4v) is 8.35. The number of esters is 1. The van der Waals surface area contributed by atoms with Crippen molar-refractivity contribution in [1.82, 2.24) is 0 Å². The number of hydrogen-bond donors (Lipinski definition) is 0. The molecule has 7 atom stereocenters. The van der Waals surface area contributed by atoms with Crippen LogP contribution in [0.4, 0.5) is 0 Å². The fourth-order valence-electron chi connectivity index (χ4n) is 8.35. The number of fused-ring (bicyclic) bond motifs is 5. The van der Waals surface area contributed by atoms with Crippen molar-refractivity contribution in [2.45, 2.75) is 97.8 Å². The Morgan fingerprint density at radius 3 is 2.61 bits per heavy atom. The molecule has 4 fully saturated rings. The van der Waals surface area contributed by atoms with Crippen LogP contribution in [-0.4, -0.2) is 18.4 Å². The van der Waals surface area contributed by atoms with Crippen molar-refractivity contribution in [1.29, 1.82) is 0 Å².